The van der Waals surface area contributed by atoms with Crippen LogP contribution < -0.4 is 19.5 Å². The molecule has 160 valence electrons. The summed E-state index contributed by atoms with van der Waals surface area (Å²) in [5.74, 6) is 0.932. The Morgan fingerprint density at radius 2 is 1.90 bits per heavy atom. The number of anilines is 1. The Bertz CT molecular complexity index is 1030. The molecule has 0 unspecified atom stereocenters. The fourth-order valence-electron chi connectivity index (χ4n) is 3.50. The molecule has 2 aromatic carbocycles. The van der Waals surface area contributed by atoms with Gasteiger partial charge in [-0.3, -0.25) is 4.79 Å². The number of benzene rings is 2. The van der Waals surface area contributed by atoms with Crippen molar-refractivity contribution in [2.75, 3.05) is 31.6 Å². The molecule has 1 saturated heterocycles. The number of para-hydroxylation sites is 2. The first-order chi connectivity index (χ1) is 14.5. The van der Waals surface area contributed by atoms with Crippen molar-refractivity contribution in [3.05, 3.63) is 42.5 Å². The molecular weight excluding hydrogens is 408 g/mol. The average molecular weight is 432 g/mol. The van der Waals surface area contributed by atoms with E-state index in [1.807, 2.05) is 6.07 Å². The molecule has 1 N–H and O–H groups in total. The highest BCUT2D eigenvalue weighted by atomic mass is 32.2. The molecule has 0 radical (unpaired) electrons. The molecule has 2 heterocycles. The summed E-state index contributed by atoms with van der Waals surface area (Å²) in [6.07, 6.45) is 0.824. The molecule has 8 nitrogen and oxygen atoms in total. The van der Waals surface area contributed by atoms with Crippen LogP contribution in [0.1, 0.15) is 19.8 Å². The fourth-order valence-corrected chi connectivity index (χ4v) is 5.18. The Kier molecular flexibility index (Phi) is 5.83. The quantitative estimate of drug-likeness (QED) is 0.754. The highest BCUT2D eigenvalue weighted by Gasteiger charge is 2.31. The molecule has 0 saturated carbocycles. The van der Waals surface area contributed by atoms with Crippen LogP contribution in [0.4, 0.5) is 5.69 Å². The van der Waals surface area contributed by atoms with Gasteiger partial charge in [0.15, 0.2) is 11.5 Å². The van der Waals surface area contributed by atoms with Gasteiger partial charge in [0.2, 0.25) is 16.1 Å². The lowest BCUT2D eigenvalue weighted by atomic mass is 10.2. The van der Waals surface area contributed by atoms with E-state index in [1.54, 1.807) is 37.3 Å². The fraction of sp³-hybridized carbons (Fsp3) is 0.381. The minimum atomic E-state index is -3.71. The van der Waals surface area contributed by atoms with Gasteiger partial charge in [-0.2, -0.15) is 4.31 Å². The standard InChI is InChI=1S/C21H24N2O6S/c1-2-27-18-10-9-15(13-20(18)30(25,26)23-11-5-6-12-23)22-21(24)19-14-28-16-7-3-4-8-17(16)29-19/h3-4,7-10,13,19H,2,5-6,11-12,14H2,1H3,(H,22,24)/t19-/m1/s1. The van der Waals surface area contributed by atoms with Crippen LogP contribution in [0.5, 0.6) is 17.2 Å². The minimum Gasteiger partial charge on any atom is -0.492 e. The summed E-state index contributed by atoms with van der Waals surface area (Å²) in [4.78, 5) is 12.7. The van der Waals surface area contributed by atoms with Crippen molar-refractivity contribution in [2.24, 2.45) is 0 Å². The van der Waals surface area contributed by atoms with Gasteiger partial charge in [0.05, 0.1) is 6.61 Å². The highest BCUT2D eigenvalue weighted by molar-refractivity contribution is 7.89. The molecule has 1 amide bonds. The summed E-state index contributed by atoms with van der Waals surface area (Å²) in [7, 11) is -3.71. The molecule has 0 aliphatic carbocycles. The summed E-state index contributed by atoms with van der Waals surface area (Å²) in [6.45, 7) is 3.16. The van der Waals surface area contributed by atoms with Crippen molar-refractivity contribution >= 4 is 21.6 Å². The second-order valence-corrected chi connectivity index (χ2v) is 8.97. The second-order valence-electron chi connectivity index (χ2n) is 7.06. The molecule has 0 bridgehead atoms. The lowest BCUT2D eigenvalue weighted by Crippen LogP contribution is -2.40. The molecule has 9 heteroatoms. The van der Waals surface area contributed by atoms with E-state index in [9.17, 15) is 13.2 Å². The molecule has 0 spiro atoms. The van der Waals surface area contributed by atoms with Gasteiger partial charge in [-0.05, 0) is 50.1 Å². The molecule has 2 aromatic rings. The van der Waals surface area contributed by atoms with Crippen LogP contribution in [-0.4, -0.2) is 51.0 Å². The zero-order valence-corrected chi connectivity index (χ0v) is 17.5. The number of hydrogen-bond donors (Lipinski definition) is 1. The van der Waals surface area contributed by atoms with Gasteiger partial charge in [-0.1, -0.05) is 12.1 Å². The Balaban J connectivity index is 1.55. The first kappa shape index (κ1) is 20.5. The first-order valence-electron chi connectivity index (χ1n) is 9.95. The minimum absolute atomic E-state index is 0.0511. The summed E-state index contributed by atoms with van der Waals surface area (Å²) in [5.41, 5.74) is 0.351. The Morgan fingerprint density at radius 1 is 1.17 bits per heavy atom. The highest BCUT2D eigenvalue weighted by Crippen LogP contribution is 2.33. The van der Waals surface area contributed by atoms with E-state index in [2.05, 4.69) is 5.32 Å². The smallest absolute Gasteiger partial charge is 0.269 e. The van der Waals surface area contributed by atoms with Crippen LogP contribution in [0.3, 0.4) is 0 Å². The van der Waals surface area contributed by atoms with Crippen molar-refractivity contribution in [2.45, 2.75) is 30.8 Å². The molecule has 4 rings (SSSR count). The van der Waals surface area contributed by atoms with Crippen molar-refractivity contribution in [1.82, 2.24) is 4.31 Å². The molecule has 1 fully saturated rings. The van der Waals surface area contributed by atoms with Gasteiger partial charge >= 0.3 is 0 Å². The average Bonchev–Trinajstić information content (AvgIpc) is 3.30. The van der Waals surface area contributed by atoms with Crippen molar-refractivity contribution in [1.29, 1.82) is 0 Å². The zero-order valence-electron chi connectivity index (χ0n) is 16.7. The number of hydrogen-bond acceptors (Lipinski definition) is 6. The SMILES string of the molecule is CCOc1ccc(NC(=O)[C@H]2COc3ccccc3O2)cc1S(=O)(=O)N1CCCC1. The van der Waals surface area contributed by atoms with E-state index in [-0.39, 0.29) is 17.3 Å². The second kappa shape index (κ2) is 8.53. The maximum Gasteiger partial charge on any atom is 0.269 e. The summed E-state index contributed by atoms with van der Waals surface area (Å²) in [5, 5.41) is 2.73. The monoisotopic (exact) mass is 432 g/mol. The van der Waals surface area contributed by atoms with Gasteiger partial charge in [-0.25, -0.2) is 8.42 Å². The van der Waals surface area contributed by atoms with E-state index < -0.39 is 22.0 Å². The van der Waals surface area contributed by atoms with Crippen LogP contribution in [0, 0.1) is 0 Å². The number of sulfonamides is 1. The lowest BCUT2D eigenvalue weighted by molar-refractivity contribution is -0.125. The third-order valence-electron chi connectivity index (χ3n) is 4.99. The van der Waals surface area contributed by atoms with Crippen molar-refractivity contribution in [3.63, 3.8) is 0 Å². The third kappa shape index (κ3) is 4.08. The predicted octanol–water partition coefficient (Wildman–Crippen LogP) is 2.65. The number of fused-ring (bicyclic) bond motifs is 1. The number of rotatable bonds is 6. The number of amides is 1. The van der Waals surface area contributed by atoms with Crippen molar-refractivity contribution < 1.29 is 27.4 Å². The van der Waals surface area contributed by atoms with Crippen molar-refractivity contribution in [3.8, 4) is 17.2 Å². The number of ether oxygens (including phenoxy) is 3. The van der Waals surface area contributed by atoms with E-state index in [0.29, 0.717) is 36.9 Å². The van der Waals surface area contributed by atoms with Gasteiger partial charge in [0, 0.05) is 18.8 Å². The number of nitrogens with one attached hydrogen (secondary N) is 1. The Hall–Kier alpha value is -2.78. The van der Waals surface area contributed by atoms with Gasteiger partial charge in [0.1, 0.15) is 17.3 Å². The van der Waals surface area contributed by atoms with Crippen LogP contribution in [0.25, 0.3) is 0 Å². The number of carbonyl (C=O) groups is 1. The maximum atomic E-state index is 13.1. The Labute approximate surface area is 175 Å². The van der Waals surface area contributed by atoms with E-state index in [4.69, 9.17) is 14.2 Å². The predicted molar refractivity (Wildman–Crippen MR) is 111 cm³/mol. The number of carbonyl (C=O) groups excluding carboxylic acids is 1. The van der Waals surface area contributed by atoms with Crippen LogP contribution in [-0.2, 0) is 14.8 Å². The number of nitrogens with zero attached hydrogens (tertiary/aromatic N) is 1. The lowest BCUT2D eigenvalue weighted by Gasteiger charge is -2.25. The van der Waals surface area contributed by atoms with Crippen LogP contribution in [0.15, 0.2) is 47.4 Å². The van der Waals surface area contributed by atoms with Gasteiger partial charge in [0.25, 0.3) is 5.91 Å². The van der Waals surface area contributed by atoms with Crippen LogP contribution in [0.2, 0.25) is 0 Å². The van der Waals surface area contributed by atoms with E-state index in [1.165, 1.54) is 10.4 Å². The Morgan fingerprint density at radius 3 is 2.63 bits per heavy atom. The zero-order chi connectivity index (χ0) is 21.1. The van der Waals surface area contributed by atoms with E-state index >= 15 is 0 Å². The maximum absolute atomic E-state index is 13.1. The van der Waals surface area contributed by atoms with Crippen LogP contribution >= 0.6 is 0 Å². The first-order valence-corrected chi connectivity index (χ1v) is 11.4. The summed E-state index contributed by atoms with van der Waals surface area (Å²) in [6, 6.07) is 11.7. The third-order valence-corrected chi connectivity index (χ3v) is 6.91. The molecule has 1 atom stereocenters. The molecule has 0 aromatic heterocycles. The van der Waals surface area contributed by atoms with E-state index in [0.717, 1.165) is 12.8 Å². The normalized spacial score (nSPS) is 18.8. The van der Waals surface area contributed by atoms with Gasteiger partial charge < -0.3 is 19.5 Å². The molecule has 30 heavy (non-hydrogen) atoms. The summed E-state index contributed by atoms with van der Waals surface area (Å²) >= 11 is 0. The molecule has 2 aliphatic rings. The molecular formula is C21H24N2O6S. The molecule has 2 aliphatic heterocycles. The summed E-state index contributed by atoms with van der Waals surface area (Å²) < 4.78 is 44.5. The largest absolute Gasteiger partial charge is 0.492 e. The van der Waals surface area contributed by atoms with Gasteiger partial charge in [-0.15, -0.1) is 0 Å². The topological polar surface area (TPSA) is 94.2 Å².